The molecule has 1 fully saturated rings. The Morgan fingerprint density at radius 2 is 1.36 bits per heavy atom. The first kappa shape index (κ1) is 23.3. The molecule has 3 aromatic carbocycles. The van der Waals surface area contributed by atoms with Crippen LogP contribution in [-0.4, -0.2) is 49.3 Å². The molecule has 0 amide bonds. The minimum absolute atomic E-state index is 0.195. The fourth-order valence-corrected chi connectivity index (χ4v) is 4.71. The molecule has 3 heteroatoms. The third-order valence-electron chi connectivity index (χ3n) is 6.69. The van der Waals surface area contributed by atoms with E-state index in [1.165, 1.54) is 39.1 Å². The molecular weight excluding hydrogens is 404 g/mol. The van der Waals surface area contributed by atoms with E-state index in [1.807, 2.05) is 0 Å². The molecule has 0 aliphatic carbocycles. The Kier molecular flexibility index (Phi) is 7.98. The number of aryl methyl sites for hydroxylation is 1. The zero-order valence-electron chi connectivity index (χ0n) is 20.0. The molecule has 0 aromatic heterocycles. The summed E-state index contributed by atoms with van der Waals surface area (Å²) in [6, 6.07) is 28.6. The van der Waals surface area contributed by atoms with Gasteiger partial charge in [0.15, 0.2) is 0 Å². The number of aliphatic hydroxyl groups is 1. The average molecular weight is 441 g/mol. The minimum Gasteiger partial charge on any atom is -0.396 e. The average Bonchev–Trinajstić information content (AvgIpc) is 2.88. The molecule has 3 nitrogen and oxygen atoms in total. The lowest BCUT2D eigenvalue weighted by atomic mass is 9.87. The fourth-order valence-electron chi connectivity index (χ4n) is 4.71. The van der Waals surface area contributed by atoms with Crippen molar-refractivity contribution in [2.75, 3.05) is 44.2 Å². The molecule has 172 valence electrons. The van der Waals surface area contributed by atoms with Crippen LogP contribution in [0.15, 0.2) is 78.9 Å². The molecule has 1 saturated heterocycles. The number of nitrogens with zero attached hydrogens (tertiary/aromatic N) is 2. The summed E-state index contributed by atoms with van der Waals surface area (Å²) in [6.07, 6.45) is 1.59. The number of anilines is 1. The number of likely N-dealkylation sites (N-methyl/N-ethyl adjacent to an activating group) is 1. The summed E-state index contributed by atoms with van der Waals surface area (Å²) in [7, 11) is 0. The Balaban J connectivity index is 1.75. The van der Waals surface area contributed by atoms with Gasteiger partial charge in [0.05, 0.1) is 0 Å². The second kappa shape index (κ2) is 11.3. The second-order valence-electron chi connectivity index (χ2n) is 8.88. The Morgan fingerprint density at radius 3 is 1.94 bits per heavy atom. The van der Waals surface area contributed by atoms with Crippen LogP contribution in [0.3, 0.4) is 0 Å². The van der Waals surface area contributed by atoms with E-state index in [1.54, 1.807) is 0 Å². The van der Waals surface area contributed by atoms with Crippen molar-refractivity contribution in [2.24, 2.45) is 0 Å². The SMILES string of the molecule is CCN1CCN(c2ccc(/C(=C(/CCCO)c3ccccc3)c3ccc(C)cc3)cc2)CC1. The Morgan fingerprint density at radius 1 is 0.758 bits per heavy atom. The number of hydrogen-bond acceptors (Lipinski definition) is 3. The summed E-state index contributed by atoms with van der Waals surface area (Å²) in [5.74, 6) is 0. The fraction of sp³-hybridized carbons (Fsp3) is 0.333. The van der Waals surface area contributed by atoms with Gasteiger partial charge in [0.2, 0.25) is 0 Å². The van der Waals surface area contributed by atoms with E-state index in [9.17, 15) is 5.11 Å². The van der Waals surface area contributed by atoms with Gasteiger partial charge in [-0.15, -0.1) is 0 Å². The Labute approximate surface area is 199 Å². The lowest BCUT2D eigenvalue weighted by Gasteiger charge is -2.35. The van der Waals surface area contributed by atoms with Crippen molar-refractivity contribution in [3.63, 3.8) is 0 Å². The van der Waals surface area contributed by atoms with Gasteiger partial charge < -0.3 is 14.9 Å². The largest absolute Gasteiger partial charge is 0.396 e. The minimum atomic E-state index is 0.195. The van der Waals surface area contributed by atoms with Crippen molar-refractivity contribution >= 4 is 16.8 Å². The quantitative estimate of drug-likeness (QED) is 0.444. The smallest absolute Gasteiger partial charge is 0.0434 e. The molecule has 0 radical (unpaired) electrons. The molecule has 0 bridgehead atoms. The van der Waals surface area contributed by atoms with Gasteiger partial charge in [-0.3, -0.25) is 0 Å². The first-order valence-corrected chi connectivity index (χ1v) is 12.2. The zero-order valence-corrected chi connectivity index (χ0v) is 20.0. The van der Waals surface area contributed by atoms with Gasteiger partial charge in [-0.2, -0.15) is 0 Å². The molecule has 0 unspecified atom stereocenters. The lowest BCUT2D eigenvalue weighted by molar-refractivity contribution is 0.271. The first-order valence-electron chi connectivity index (χ1n) is 12.2. The van der Waals surface area contributed by atoms with E-state index in [-0.39, 0.29) is 6.61 Å². The number of hydrogen-bond donors (Lipinski definition) is 1. The van der Waals surface area contributed by atoms with Gasteiger partial charge in [-0.1, -0.05) is 79.2 Å². The molecule has 1 heterocycles. The van der Waals surface area contributed by atoms with Gasteiger partial charge in [0.1, 0.15) is 0 Å². The van der Waals surface area contributed by atoms with Crippen LogP contribution in [0.4, 0.5) is 5.69 Å². The highest BCUT2D eigenvalue weighted by Crippen LogP contribution is 2.36. The van der Waals surface area contributed by atoms with Gasteiger partial charge in [-0.05, 0) is 66.3 Å². The summed E-state index contributed by atoms with van der Waals surface area (Å²) in [6.45, 7) is 10.1. The third kappa shape index (κ3) is 5.73. The maximum absolute atomic E-state index is 9.61. The van der Waals surface area contributed by atoms with Crippen LogP contribution in [-0.2, 0) is 0 Å². The highest BCUT2D eigenvalue weighted by atomic mass is 16.2. The predicted octanol–water partition coefficient (Wildman–Crippen LogP) is 5.87. The maximum atomic E-state index is 9.61. The van der Waals surface area contributed by atoms with Gasteiger partial charge in [0, 0.05) is 38.5 Å². The number of piperazine rings is 1. The molecule has 1 aliphatic heterocycles. The van der Waals surface area contributed by atoms with E-state index in [2.05, 4.69) is 103 Å². The van der Waals surface area contributed by atoms with Crippen LogP contribution >= 0.6 is 0 Å². The standard InChI is InChI=1S/C30H36N2O/c1-3-31-19-21-32(22-20-31)28-17-15-27(16-18-28)30(26-13-11-24(2)12-14-26)29(10-7-23-33)25-8-5-4-6-9-25/h4-6,8-9,11-18,33H,3,7,10,19-23H2,1-2H3/b30-29-. The number of allylic oxidation sites excluding steroid dienone is 1. The Bertz CT molecular complexity index is 1030. The molecule has 0 saturated carbocycles. The van der Waals surface area contributed by atoms with Crippen molar-refractivity contribution in [3.05, 3.63) is 101 Å². The highest BCUT2D eigenvalue weighted by molar-refractivity contribution is 5.98. The molecule has 4 rings (SSSR count). The van der Waals surface area contributed by atoms with E-state index in [4.69, 9.17) is 0 Å². The molecule has 0 spiro atoms. The number of rotatable bonds is 8. The van der Waals surface area contributed by atoms with Gasteiger partial charge in [0.25, 0.3) is 0 Å². The van der Waals surface area contributed by atoms with E-state index in [0.29, 0.717) is 0 Å². The predicted molar refractivity (Wildman–Crippen MR) is 141 cm³/mol. The summed E-state index contributed by atoms with van der Waals surface area (Å²) in [5.41, 5.74) is 8.79. The monoisotopic (exact) mass is 440 g/mol. The van der Waals surface area contributed by atoms with Crippen molar-refractivity contribution < 1.29 is 5.11 Å². The Hall–Kier alpha value is -2.88. The van der Waals surface area contributed by atoms with Crippen molar-refractivity contribution in [1.29, 1.82) is 0 Å². The van der Waals surface area contributed by atoms with Crippen LogP contribution in [0.25, 0.3) is 11.1 Å². The van der Waals surface area contributed by atoms with Gasteiger partial charge in [-0.25, -0.2) is 0 Å². The molecule has 3 aromatic rings. The summed E-state index contributed by atoms with van der Waals surface area (Å²) >= 11 is 0. The number of benzene rings is 3. The van der Waals surface area contributed by atoms with E-state index in [0.717, 1.165) is 45.6 Å². The molecule has 0 atom stereocenters. The van der Waals surface area contributed by atoms with Crippen LogP contribution in [0, 0.1) is 6.92 Å². The van der Waals surface area contributed by atoms with E-state index < -0.39 is 0 Å². The summed E-state index contributed by atoms with van der Waals surface area (Å²) in [4.78, 5) is 5.01. The first-order chi connectivity index (χ1) is 16.2. The number of aliphatic hydroxyl groups excluding tert-OH is 1. The highest BCUT2D eigenvalue weighted by Gasteiger charge is 2.17. The van der Waals surface area contributed by atoms with Crippen molar-refractivity contribution in [1.82, 2.24) is 4.90 Å². The normalized spacial score (nSPS) is 15.4. The lowest BCUT2D eigenvalue weighted by Crippen LogP contribution is -2.46. The van der Waals surface area contributed by atoms with Crippen LogP contribution in [0.1, 0.15) is 42.0 Å². The molecular formula is C30H36N2O. The van der Waals surface area contributed by atoms with Crippen molar-refractivity contribution in [2.45, 2.75) is 26.7 Å². The van der Waals surface area contributed by atoms with Crippen LogP contribution < -0.4 is 4.90 Å². The van der Waals surface area contributed by atoms with Gasteiger partial charge >= 0.3 is 0 Å². The summed E-state index contributed by atoms with van der Waals surface area (Å²) < 4.78 is 0. The zero-order chi connectivity index (χ0) is 23.0. The summed E-state index contributed by atoms with van der Waals surface area (Å²) in [5, 5.41) is 9.61. The van der Waals surface area contributed by atoms with Crippen LogP contribution in [0.5, 0.6) is 0 Å². The third-order valence-corrected chi connectivity index (χ3v) is 6.69. The van der Waals surface area contributed by atoms with E-state index >= 15 is 0 Å². The van der Waals surface area contributed by atoms with Crippen LogP contribution in [0.2, 0.25) is 0 Å². The molecule has 1 aliphatic rings. The van der Waals surface area contributed by atoms with Crippen molar-refractivity contribution in [3.8, 4) is 0 Å². The topological polar surface area (TPSA) is 26.7 Å². The maximum Gasteiger partial charge on any atom is 0.0434 e. The molecule has 1 N–H and O–H groups in total. The molecule has 33 heavy (non-hydrogen) atoms. The second-order valence-corrected chi connectivity index (χ2v) is 8.88.